The van der Waals surface area contributed by atoms with Crippen molar-refractivity contribution < 1.29 is 14.3 Å². The van der Waals surface area contributed by atoms with Crippen molar-refractivity contribution in [2.75, 3.05) is 17.7 Å². The molecular formula is C18H16Cl2N2O3S. The summed E-state index contributed by atoms with van der Waals surface area (Å²) < 4.78 is 5.25. The fraction of sp³-hybridized carbons (Fsp3) is 0.222. The van der Waals surface area contributed by atoms with Crippen molar-refractivity contribution >= 4 is 58.2 Å². The predicted octanol–water partition coefficient (Wildman–Crippen LogP) is 4.75. The number of carbonyl (C=O) groups excluding carboxylic acids is 2. The normalized spacial score (nSPS) is 15.8. The Morgan fingerprint density at radius 2 is 2.08 bits per heavy atom. The van der Waals surface area contributed by atoms with Gasteiger partial charge in [-0.25, -0.2) is 0 Å². The van der Waals surface area contributed by atoms with Crippen LogP contribution in [0, 0.1) is 6.92 Å². The van der Waals surface area contributed by atoms with Crippen LogP contribution in [0.4, 0.5) is 11.4 Å². The quantitative estimate of drug-likeness (QED) is 0.762. The number of amides is 2. The topological polar surface area (TPSA) is 67.4 Å². The molecule has 8 heteroatoms. The summed E-state index contributed by atoms with van der Waals surface area (Å²) in [6, 6.07) is 8.67. The molecule has 2 amide bonds. The summed E-state index contributed by atoms with van der Waals surface area (Å²) in [4.78, 5) is 25.6. The number of hydrogen-bond acceptors (Lipinski definition) is 4. The van der Waals surface area contributed by atoms with Crippen LogP contribution in [0.25, 0.3) is 0 Å². The molecule has 136 valence electrons. The van der Waals surface area contributed by atoms with Crippen LogP contribution >= 0.6 is 35.0 Å². The molecular weight excluding hydrogens is 395 g/mol. The third kappa shape index (κ3) is 4.09. The van der Waals surface area contributed by atoms with Crippen molar-refractivity contribution in [3.8, 4) is 5.75 Å². The average molecular weight is 411 g/mol. The standard InChI is InChI=1S/C18H16Cl2N2O3S/c1-9-5-12(14(25-2)7-11(9)20)21-17(23)8-16-18(24)22-13-6-10(19)3-4-15(13)26-16/h3-7,16H,8H2,1-2H3,(H,21,23)(H,22,24). The Kier molecular flexibility index (Phi) is 5.65. The van der Waals surface area contributed by atoms with Crippen molar-refractivity contribution in [2.45, 2.75) is 23.5 Å². The molecule has 2 aromatic carbocycles. The highest BCUT2D eigenvalue weighted by Crippen LogP contribution is 2.38. The Balaban J connectivity index is 1.72. The van der Waals surface area contributed by atoms with Gasteiger partial charge < -0.3 is 15.4 Å². The Morgan fingerprint density at radius 3 is 2.81 bits per heavy atom. The summed E-state index contributed by atoms with van der Waals surface area (Å²) in [7, 11) is 1.50. The first kappa shape index (κ1) is 18.9. The molecule has 0 saturated carbocycles. The number of rotatable bonds is 4. The van der Waals surface area contributed by atoms with Crippen LogP contribution in [0.5, 0.6) is 5.75 Å². The molecule has 2 N–H and O–H groups in total. The fourth-order valence-electron chi connectivity index (χ4n) is 2.56. The van der Waals surface area contributed by atoms with Gasteiger partial charge in [0.05, 0.1) is 23.7 Å². The summed E-state index contributed by atoms with van der Waals surface area (Å²) in [6.45, 7) is 1.84. The van der Waals surface area contributed by atoms with Crippen LogP contribution in [0.15, 0.2) is 35.2 Å². The number of nitrogens with one attached hydrogen (secondary N) is 2. The van der Waals surface area contributed by atoms with Gasteiger partial charge in [0, 0.05) is 27.4 Å². The molecule has 0 bridgehead atoms. The molecule has 1 unspecified atom stereocenters. The lowest BCUT2D eigenvalue weighted by Crippen LogP contribution is -2.32. The van der Waals surface area contributed by atoms with Gasteiger partial charge >= 0.3 is 0 Å². The lowest BCUT2D eigenvalue weighted by atomic mass is 10.2. The zero-order chi connectivity index (χ0) is 18.8. The van der Waals surface area contributed by atoms with Crippen LogP contribution < -0.4 is 15.4 Å². The maximum Gasteiger partial charge on any atom is 0.238 e. The van der Waals surface area contributed by atoms with E-state index < -0.39 is 5.25 Å². The van der Waals surface area contributed by atoms with E-state index in [1.807, 2.05) is 13.0 Å². The van der Waals surface area contributed by atoms with Crippen molar-refractivity contribution in [1.29, 1.82) is 0 Å². The number of fused-ring (bicyclic) bond motifs is 1. The first-order chi connectivity index (χ1) is 12.4. The van der Waals surface area contributed by atoms with Crippen molar-refractivity contribution in [2.24, 2.45) is 0 Å². The second kappa shape index (κ2) is 7.78. The van der Waals surface area contributed by atoms with E-state index in [1.54, 1.807) is 24.3 Å². The largest absolute Gasteiger partial charge is 0.495 e. The molecule has 26 heavy (non-hydrogen) atoms. The number of aryl methyl sites for hydroxylation is 1. The molecule has 0 aromatic heterocycles. The Hall–Kier alpha value is -1.89. The van der Waals surface area contributed by atoms with E-state index in [2.05, 4.69) is 10.6 Å². The van der Waals surface area contributed by atoms with Gasteiger partial charge in [0.25, 0.3) is 0 Å². The van der Waals surface area contributed by atoms with Crippen molar-refractivity contribution in [3.63, 3.8) is 0 Å². The van der Waals surface area contributed by atoms with Gasteiger partial charge in [-0.3, -0.25) is 9.59 Å². The summed E-state index contributed by atoms with van der Waals surface area (Å²) in [5, 5.41) is 6.16. The third-order valence-corrected chi connectivity index (χ3v) is 5.80. The Bertz CT molecular complexity index is 889. The third-order valence-electron chi connectivity index (χ3n) is 3.89. The van der Waals surface area contributed by atoms with Gasteiger partial charge in [-0.1, -0.05) is 23.2 Å². The minimum Gasteiger partial charge on any atom is -0.495 e. The smallest absolute Gasteiger partial charge is 0.238 e. The van der Waals surface area contributed by atoms with E-state index in [0.717, 1.165) is 10.5 Å². The molecule has 0 saturated heterocycles. The van der Waals surface area contributed by atoms with E-state index in [-0.39, 0.29) is 18.2 Å². The van der Waals surface area contributed by atoms with E-state index in [0.29, 0.717) is 27.2 Å². The Labute approximate surface area is 165 Å². The number of methoxy groups -OCH3 is 1. The molecule has 3 rings (SSSR count). The monoisotopic (exact) mass is 410 g/mol. The van der Waals surface area contributed by atoms with Crippen LogP contribution in [0.2, 0.25) is 10.0 Å². The van der Waals surface area contributed by atoms with E-state index in [1.165, 1.54) is 18.9 Å². The minimum atomic E-state index is -0.525. The maximum atomic E-state index is 12.4. The van der Waals surface area contributed by atoms with Crippen LogP contribution in [0.1, 0.15) is 12.0 Å². The first-order valence-electron chi connectivity index (χ1n) is 7.78. The van der Waals surface area contributed by atoms with Gasteiger partial charge in [0.2, 0.25) is 11.8 Å². The molecule has 0 fully saturated rings. The lowest BCUT2D eigenvalue weighted by molar-refractivity contribution is -0.120. The number of carbonyl (C=O) groups is 2. The van der Waals surface area contributed by atoms with Crippen molar-refractivity contribution in [1.82, 2.24) is 0 Å². The van der Waals surface area contributed by atoms with Gasteiger partial charge in [-0.2, -0.15) is 0 Å². The molecule has 2 aromatic rings. The molecule has 1 aliphatic rings. The molecule has 1 heterocycles. The zero-order valence-electron chi connectivity index (χ0n) is 14.1. The fourth-order valence-corrected chi connectivity index (χ4v) is 3.97. The number of benzene rings is 2. The molecule has 1 aliphatic heterocycles. The number of thioether (sulfide) groups is 1. The summed E-state index contributed by atoms with van der Waals surface area (Å²) in [5.41, 5.74) is 2.00. The van der Waals surface area contributed by atoms with Gasteiger partial charge in [0.15, 0.2) is 0 Å². The highest BCUT2D eigenvalue weighted by atomic mass is 35.5. The first-order valence-corrected chi connectivity index (χ1v) is 9.42. The number of ether oxygens (including phenoxy) is 1. The maximum absolute atomic E-state index is 12.4. The highest BCUT2D eigenvalue weighted by molar-refractivity contribution is 8.01. The second-order valence-corrected chi connectivity index (χ2v) is 7.88. The van der Waals surface area contributed by atoms with Gasteiger partial charge in [0.1, 0.15) is 5.75 Å². The number of halogens is 2. The van der Waals surface area contributed by atoms with Crippen molar-refractivity contribution in [3.05, 3.63) is 45.9 Å². The highest BCUT2D eigenvalue weighted by Gasteiger charge is 2.29. The Morgan fingerprint density at radius 1 is 1.31 bits per heavy atom. The molecule has 0 radical (unpaired) electrons. The van der Waals surface area contributed by atoms with Gasteiger partial charge in [-0.05, 0) is 36.8 Å². The van der Waals surface area contributed by atoms with Crippen LogP contribution in [0.3, 0.4) is 0 Å². The van der Waals surface area contributed by atoms with E-state index in [4.69, 9.17) is 27.9 Å². The molecule has 0 spiro atoms. The lowest BCUT2D eigenvalue weighted by Gasteiger charge is -2.24. The summed E-state index contributed by atoms with van der Waals surface area (Å²) in [5.74, 6) is -0.0380. The minimum absolute atomic E-state index is 0.0311. The second-order valence-electron chi connectivity index (χ2n) is 5.79. The summed E-state index contributed by atoms with van der Waals surface area (Å²) >= 11 is 13.4. The average Bonchev–Trinajstić information content (AvgIpc) is 2.58. The number of hydrogen-bond donors (Lipinski definition) is 2. The summed E-state index contributed by atoms with van der Waals surface area (Å²) in [6.07, 6.45) is 0.0311. The van der Waals surface area contributed by atoms with E-state index >= 15 is 0 Å². The van der Waals surface area contributed by atoms with Crippen LogP contribution in [-0.4, -0.2) is 24.2 Å². The predicted molar refractivity (Wildman–Crippen MR) is 106 cm³/mol. The van der Waals surface area contributed by atoms with E-state index in [9.17, 15) is 9.59 Å². The van der Waals surface area contributed by atoms with Crippen LogP contribution in [-0.2, 0) is 9.59 Å². The zero-order valence-corrected chi connectivity index (χ0v) is 16.4. The molecule has 0 aliphatic carbocycles. The molecule has 5 nitrogen and oxygen atoms in total. The SMILES string of the molecule is COc1cc(Cl)c(C)cc1NC(=O)CC1Sc2ccc(Cl)cc2NC1=O. The molecule has 1 atom stereocenters. The number of anilines is 2. The van der Waals surface area contributed by atoms with Gasteiger partial charge in [-0.15, -0.1) is 11.8 Å².